The number of rotatable bonds is 6. The van der Waals surface area contributed by atoms with Crippen LogP contribution in [-0.2, 0) is 21.8 Å². The first-order valence-corrected chi connectivity index (χ1v) is 8.15. The molecule has 0 aliphatic heterocycles. The molecular formula is C12H20N4O5S. The van der Waals surface area contributed by atoms with Gasteiger partial charge in [-0.2, -0.15) is 5.10 Å². The zero-order chi connectivity index (χ0) is 16.9. The number of sulfonamides is 1. The quantitative estimate of drug-likeness (QED) is 0.571. The van der Waals surface area contributed by atoms with E-state index in [4.69, 9.17) is 0 Å². The van der Waals surface area contributed by atoms with E-state index in [-0.39, 0.29) is 16.3 Å². The molecule has 1 heterocycles. The van der Waals surface area contributed by atoms with Crippen molar-refractivity contribution >= 4 is 22.0 Å². The first-order chi connectivity index (χ1) is 10.2. The van der Waals surface area contributed by atoms with Gasteiger partial charge in [0.05, 0.1) is 12.8 Å². The lowest BCUT2D eigenvalue weighted by Gasteiger charge is -2.09. The number of unbranched alkanes of at least 4 members (excludes halogenated alkanes) is 1. The molecule has 0 unspecified atom stereocenters. The fourth-order valence-corrected chi connectivity index (χ4v) is 3.19. The van der Waals surface area contributed by atoms with E-state index in [0.717, 1.165) is 24.6 Å². The third-order valence-electron chi connectivity index (χ3n) is 2.86. The molecule has 22 heavy (non-hydrogen) atoms. The number of hydrogen-bond donors (Lipinski definition) is 2. The Bertz CT molecular complexity index is 665. The van der Waals surface area contributed by atoms with Crippen molar-refractivity contribution in [2.24, 2.45) is 7.05 Å². The number of amides is 2. The summed E-state index contributed by atoms with van der Waals surface area (Å²) >= 11 is 0. The van der Waals surface area contributed by atoms with Gasteiger partial charge in [-0.3, -0.25) is 4.68 Å². The highest BCUT2D eigenvalue weighted by molar-refractivity contribution is 7.90. The first-order valence-electron chi connectivity index (χ1n) is 6.67. The monoisotopic (exact) mass is 332 g/mol. The standard InChI is InChI=1S/C12H20N4O5S/c1-5-6-7-13-12(18)15-22(19,20)10-8(2)14-16(3)9(10)11(17)21-4/h5-7H2,1-4H3,(H2,13,15,18). The van der Waals surface area contributed by atoms with Crippen LogP contribution in [0, 0.1) is 6.92 Å². The normalized spacial score (nSPS) is 11.1. The number of methoxy groups -OCH3 is 1. The third-order valence-corrected chi connectivity index (χ3v) is 4.34. The minimum Gasteiger partial charge on any atom is -0.464 e. The highest BCUT2D eigenvalue weighted by Crippen LogP contribution is 2.20. The average Bonchev–Trinajstić information content (AvgIpc) is 2.73. The van der Waals surface area contributed by atoms with Gasteiger partial charge in [-0.05, 0) is 13.3 Å². The van der Waals surface area contributed by atoms with Crippen molar-refractivity contribution in [3.63, 3.8) is 0 Å². The molecule has 0 saturated carbocycles. The smallest absolute Gasteiger partial charge is 0.357 e. The number of aryl methyl sites for hydroxylation is 2. The van der Waals surface area contributed by atoms with Crippen LogP contribution in [0.15, 0.2) is 4.90 Å². The molecule has 2 N–H and O–H groups in total. The highest BCUT2D eigenvalue weighted by Gasteiger charge is 2.31. The van der Waals surface area contributed by atoms with E-state index in [0.29, 0.717) is 6.54 Å². The zero-order valence-corrected chi connectivity index (χ0v) is 13.8. The van der Waals surface area contributed by atoms with Gasteiger partial charge >= 0.3 is 12.0 Å². The summed E-state index contributed by atoms with van der Waals surface area (Å²) < 4.78 is 32.2. The molecule has 1 aromatic heterocycles. The molecule has 0 radical (unpaired) electrons. The van der Waals surface area contributed by atoms with E-state index < -0.39 is 22.0 Å². The Morgan fingerprint density at radius 2 is 2.00 bits per heavy atom. The fraction of sp³-hybridized carbons (Fsp3) is 0.583. The molecule has 2 amide bonds. The fourth-order valence-electron chi connectivity index (χ4n) is 1.87. The Morgan fingerprint density at radius 3 is 2.55 bits per heavy atom. The number of carbonyl (C=O) groups is 2. The van der Waals surface area contributed by atoms with E-state index in [1.807, 2.05) is 11.6 Å². The van der Waals surface area contributed by atoms with Crippen LogP contribution >= 0.6 is 0 Å². The molecular weight excluding hydrogens is 312 g/mol. The Labute approximate surface area is 129 Å². The van der Waals surface area contributed by atoms with E-state index in [1.165, 1.54) is 14.0 Å². The number of esters is 1. The zero-order valence-electron chi connectivity index (χ0n) is 13.0. The predicted molar refractivity (Wildman–Crippen MR) is 77.9 cm³/mol. The second-order valence-corrected chi connectivity index (χ2v) is 6.21. The molecule has 1 aromatic rings. The van der Waals surface area contributed by atoms with Crippen molar-refractivity contribution in [3.05, 3.63) is 11.4 Å². The van der Waals surface area contributed by atoms with Crippen LogP contribution in [0.25, 0.3) is 0 Å². The summed E-state index contributed by atoms with van der Waals surface area (Å²) in [6, 6.07) is -0.854. The Hall–Kier alpha value is -2.10. The van der Waals surface area contributed by atoms with E-state index in [9.17, 15) is 18.0 Å². The molecule has 0 saturated heterocycles. The molecule has 0 atom stereocenters. The molecule has 9 nitrogen and oxygen atoms in total. The van der Waals surface area contributed by atoms with Crippen molar-refractivity contribution in [3.8, 4) is 0 Å². The molecule has 0 fully saturated rings. The number of ether oxygens (including phenoxy) is 1. The SMILES string of the molecule is CCCCNC(=O)NS(=O)(=O)c1c(C)nn(C)c1C(=O)OC. The molecule has 124 valence electrons. The molecule has 0 aliphatic carbocycles. The summed E-state index contributed by atoms with van der Waals surface area (Å²) in [6.45, 7) is 3.72. The molecule has 0 spiro atoms. The number of nitrogens with zero attached hydrogens (tertiary/aromatic N) is 2. The minimum atomic E-state index is -4.24. The van der Waals surface area contributed by atoms with Crippen LogP contribution in [0.3, 0.4) is 0 Å². The van der Waals surface area contributed by atoms with Crippen LogP contribution in [-0.4, -0.2) is 43.9 Å². The van der Waals surface area contributed by atoms with Crippen LogP contribution < -0.4 is 10.0 Å². The number of nitrogens with one attached hydrogen (secondary N) is 2. The maximum absolute atomic E-state index is 12.3. The summed E-state index contributed by atoms with van der Waals surface area (Å²) in [4.78, 5) is 23.0. The van der Waals surface area contributed by atoms with Gasteiger partial charge in [-0.25, -0.2) is 22.7 Å². The number of carbonyl (C=O) groups excluding carboxylic acids is 2. The van der Waals surface area contributed by atoms with Crippen molar-refractivity contribution in [1.82, 2.24) is 19.8 Å². The third kappa shape index (κ3) is 3.97. The molecule has 1 rings (SSSR count). The summed E-state index contributed by atoms with van der Waals surface area (Å²) in [5.74, 6) is -0.852. The first kappa shape index (κ1) is 18.0. The van der Waals surface area contributed by atoms with Crippen LogP contribution in [0.1, 0.15) is 35.9 Å². The van der Waals surface area contributed by atoms with Crippen LogP contribution in [0.5, 0.6) is 0 Å². The Morgan fingerprint density at radius 1 is 1.36 bits per heavy atom. The molecule has 0 aliphatic rings. The van der Waals surface area contributed by atoms with Gasteiger partial charge in [0.2, 0.25) is 0 Å². The second kappa shape index (κ2) is 7.25. The van der Waals surface area contributed by atoms with Gasteiger partial charge in [0.1, 0.15) is 4.90 Å². The molecule has 10 heteroatoms. The number of hydrogen-bond acceptors (Lipinski definition) is 6. The van der Waals surface area contributed by atoms with Gasteiger partial charge in [0.25, 0.3) is 10.0 Å². The average molecular weight is 332 g/mol. The van der Waals surface area contributed by atoms with E-state index >= 15 is 0 Å². The minimum absolute atomic E-state index is 0.0942. The van der Waals surface area contributed by atoms with E-state index in [2.05, 4.69) is 15.2 Å². The largest absolute Gasteiger partial charge is 0.464 e. The summed E-state index contributed by atoms with van der Waals surface area (Å²) in [5, 5.41) is 6.32. The lowest BCUT2D eigenvalue weighted by Crippen LogP contribution is -2.40. The van der Waals surface area contributed by atoms with Crippen molar-refractivity contribution in [1.29, 1.82) is 0 Å². The summed E-state index contributed by atoms with van der Waals surface area (Å²) in [7, 11) is -1.69. The van der Waals surface area contributed by atoms with Crippen molar-refractivity contribution < 1.29 is 22.7 Å². The van der Waals surface area contributed by atoms with Crippen LogP contribution in [0.2, 0.25) is 0 Å². The molecule has 0 bridgehead atoms. The van der Waals surface area contributed by atoms with Crippen molar-refractivity contribution in [2.45, 2.75) is 31.6 Å². The highest BCUT2D eigenvalue weighted by atomic mass is 32.2. The van der Waals surface area contributed by atoms with Gasteiger partial charge < -0.3 is 10.1 Å². The molecule has 0 aromatic carbocycles. The lowest BCUT2D eigenvalue weighted by molar-refractivity contribution is 0.0583. The van der Waals surface area contributed by atoms with E-state index in [1.54, 1.807) is 0 Å². The van der Waals surface area contributed by atoms with Crippen molar-refractivity contribution in [2.75, 3.05) is 13.7 Å². The second-order valence-electron chi connectivity index (χ2n) is 4.59. The Balaban J connectivity index is 3.08. The van der Waals surface area contributed by atoms with Gasteiger partial charge in [-0.1, -0.05) is 13.3 Å². The lowest BCUT2D eigenvalue weighted by atomic mass is 10.3. The van der Waals surface area contributed by atoms with Gasteiger partial charge in [0, 0.05) is 13.6 Å². The summed E-state index contributed by atoms with van der Waals surface area (Å²) in [5.41, 5.74) is -0.148. The predicted octanol–water partition coefficient (Wildman–Crippen LogP) is 0.303. The number of urea groups is 1. The van der Waals surface area contributed by atoms with Crippen LogP contribution in [0.4, 0.5) is 4.79 Å². The van der Waals surface area contributed by atoms with Gasteiger partial charge in [-0.15, -0.1) is 0 Å². The maximum atomic E-state index is 12.3. The Kier molecular flexibility index (Phi) is 5.92. The summed E-state index contributed by atoms with van der Waals surface area (Å²) in [6.07, 6.45) is 1.59. The van der Waals surface area contributed by atoms with Gasteiger partial charge in [0.15, 0.2) is 5.69 Å². The number of aromatic nitrogens is 2. The topological polar surface area (TPSA) is 119 Å². The maximum Gasteiger partial charge on any atom is 0.357 e.